The Morgan fingerprint density at radius 2 is 0.889 bits per heavy atom. The highest BCUT2D eigenvalue weighted by molar-refractivity contribution is 5.80. The minimum absolute atomic E-state index is 0.374. The Kier molecular flexibility index (Phi) is 32.7. The minimum Gasteiger partial charge on any atom is -0.394 e. The molecule has 0 saturated heterocycles. The fourth-order valence-electron chi connectivity index (χ4n) is 6.26. The number of rotatable bonds is 35. The maximum absolute atomic E-state index is 12.4. The van der Waals surface area contributed by atoms with Crippen molar-refractivity contribution in [2.45, 2.75) is 231 Å². The first-order valence-electron chi connectivity index (χ1n) is 19.8. The van der Waals surface area contributed by atoms with Crippen LogP contribution in [0.4, 0.5) is 0 Å². The van der Waals surface area contributed by atoms with Gasteiger partial charge in [-0.1, -0.05) is 194 Å². The Labute approximate surface area is 279 Å². The normalized spacial score (nSPS) is 15.1. The van der Waals surface area contributed by atoms with Crippen LogP contribution < -0.4 is 5.32 Å². The molecule has 0 spiro atoms. The topological polar surface area (TPSA) is 110 Å². The molecule has 0 bridgehead atoms. The van der Waals surface area contributed by atoms with Crippen LogP contribution in [-0.2, 0) is 4.79 Å². The lowest BCUT2D eigenvalue weighted by Gasteiger charge is -2.27. The van der Waals surface area contributed by atoms with E-state index in [0.29, 0.717) is 12.8 Å². The highest BCUT2D eigenvalue weighted by atomic mass is 16.3. The molecule has 45 heavy (non-hydrogen) atoms. The molecule has 0 aromatic heterocycles. The zero-order valence-corrected chi connectivity index (χ0v) is 30.3. The average molecular weight is 642 g/mol. The predicted octanol–water partition coefficient (Wildman–Crippen LogP) is 9.54. The summed E-state index contributed by atoms with van der Waals surface area (Å²) >= 11 is 0. The summed E-state index contributed by atoms with van der Waals surface area (Å²) in [6.45, 7) is 6.36. The van der Waals surface area contributed by atoms with Gasteiger partial charge in [-0.15, -0.1) is 0 Å². The van der Waals surface area contributed by atoms with Crippen molar-refractivity contribution in [1.82, 2.24) is 5.32 Å². The molecule has 0 aliphatic heterocycles. The van der Waals surface area contributed by atoms with Crippen LogP contribution in [0.2, 0.25) is 0 Å². The van der Waals surface area contributed by atoms with E-state index in [2.05, 4.69) is 26.1 Å². The van der Waals surface area contributed by atoms with Crippen molar-refractivity contribution in [2.24, 2.45) is 5.92 Å². The zero-order chi connectivity index (χ0) is 33.4. The molecule has 5 atom stereocenters. The maximum atomic E-state index is 12.4. The first-order valence-corrected chi connectivity index (χ1v) is 19.8. The Morgan fingerprint density at radius 3 is 1.27 bits per heavy atom. The monoisotopic (exact) mass is 642 g/mol. The lowest BCUT2D eigenvalue weighted by atomic mass is 9.98. The molecule has 1 amide bonds. The third kappa shape index (κ3) is 28.1. The molecule has 0 rings (SSSR count). The molecule has 0 aromatic rings. The first kappa shape index (κ1) is 44.3. The van der Waals surface area contributed by atoms with E-state index in [1.165, 1.54) is 135 Å². The second-order valence-electron chi connectivity index (χ2n) is 14.2. The van der Waals surface area contributed by atoms with Gasteiger partial charge in [0.2, 0.25) is 5.91 Å². The summed E-state index contributed by atoms with van der Waals surface area (Å²) in [7, 11) is 0. The van der Waals surface area contributed by atoms with Gasteiger partial charge in [0.05, 0.1) is 18.8 Å². The van der Waals surface area contributed by atoms with E-state index in [-0.39, 0.29) is 0 Å². The van der Waals surface area contributed by atoms with Crippen molar-refractivity contribution in [3.05, 3.63) is 0 Å². The molecule has 5 N–H and O–H groups in total. The Balaban J connectivity index is 3.74. The van der Waals surface area contributed by atoms with Gasteiger partial charge in [-0.25, -0.2) is 0 Å². The average Bonchev–Trinajstić information content (AvgIpc) is 3.04. The third-order valence-corrected chi connectivity index (χ3v) is 9.86. The number of carbonyl (C=O) groups is 1. The van der Waals surface area contributed by atoms with Gasteiger partial charge < -0.3 is 25.7 Å². The summed E-state index contributed by atoms with van der Waals surface area (Å²) in [6.07, 6.45) is 31.3. The molecule has 0 saturated carbocycles. The molecule has 0 aliphatic rings. The number of hydrogen-bond donors (Lipinski definition) is 5. The van der Waals surface area contributed by atoms with Crippen LogP contribution in [0.5, 0.6) is 0 Å². The van der Waals surface area contributed by atoms with E-state index in [9.17, 15) is 25.2 Å². The van der Waals surface area contributed by atoms with Crippen LogP contribution in [0.3, 0.4) is 0 Å². The standard InChI is InChI=1S/C39H79NO5/c1-4-6-7-8-9-10-11-12-13-14-15-16-17-18-19-22-26-29-32-37(43)39(45)40-35(33-41)38(44)36(42)31-28-25-23-20-21-24-27-30-34(3)5-2/h34-38,41-44H,4-33H2,1-3H3,(H,40,45)/t34?,35-,36+,37+,38-/m0/s1. The number of hydrogen-bond acceptors (Lipinski definition) is 5. The van der Waals surface area contributed by atoms with E-state index >= 15 is 0 Å². The van der Waals surface area contributed by atoms with Crippen LogP contribution >= 0.6 is 0 Å². The number of unbranched alkanes of at least 4 members (excludes halogenated alkanes) is 23. The molecule has 0 aliphatic carbocycles. The van der Waals surface area contributed by atoms with Gasteiger partial charge in [-0.05, 0) is 18.8 Å². The van der Waals surface area contributed by atoms with Gasteiger partial charge >= 0.3 is 0 Å². The highest BCUT2D eigenvalue weighted by Gasteiger charge is 2.28. The molecule has 0 heterocycles. The fourth-order valence-corrected chi connectivity index (χ4v) is 6.26. The highest BCUT2D eigenvalue weighted by Crippen LogP contribution is 2.17. The molecule has 0 fully saturated rings. The van der Waals surface area contributed by atoms with Crippen molar-refractivity contribution in [1.29, 1.82) is 0 Å². The fraction of sp³-hybridized carbons (Fsp3) is 0.974. The van der Waals surface area contributed by atoms with E-state index in [1.807, 2.05) is 0 Å². The van der Waals surface area contributed by atoms with E-state index in [0.717, 1.165) is 44.4 Å². The van der Waals surface area contributed by atoms with Crippen molar-refractivity contribution in [3.8, 4) is 0 Å². The summed E-state index contributed by atoms with van der Waals surface area (Å²) in [5, 5.41) is 43.5. The number of aliphatic hydroxyl groups is 4. The largest absolute Gasteiger partial charge is 0.394 e. The predicted molar refractivity (Wildman–Crippen MR) is 191 cm³/mol. The van der Waals surface area contributed by atoms with E-state index in [1.54, 1.807) is 0 Å². The number of carbonyl (C=O) groups excluding carboxylic acids is 1. The molecule has 0 aromatic carbocycles. The molecule has 6 heteroatoms. The number of amides is 1. The van der Waals surface area contributed by atoms with E-state index < -0.39 is 36.9 Å². The zero-order valence-electron chi connectivity index (χ0n) is 30.3. The second-order valence-corrected chi connectivity index (χ2v) is 14.2. The summed E-state index contributed by atoms with van der Waals surface area (Å²) in [6, 6.07) is -0.979. The van der Waals surface area contributed by atoms with Gasteiger partial charge in [0, 0.05) is 0 Å². The van der Waals surface area contributed by atoms with Crippen molar-refractivity contribution in [2.75, 3.05) is 6.61 Å². The molecule has 270 valence electrons. The Morgan fingerprint density at radius 1 is 0.533 bits per heavy atom. The smallest absolute Gasteiger partial charge is 0.249 e. The summed E-state index contributed by atoms with van der Waals surface area (Å²) in [5.41, 5.74) is 0. The third-order valence-electron chi connectivity index (χ3n) is 9.86. The molecule has 1 unspecified atom stereocenters. The lowest BCUT2D eigenvalue weighted by Crippen LogP contribution is -2.53. The maximum Gasteiger partial charge on any atom is 0.249 e. The summed E-state index contributed by atoms with van der Waals surface area (Å²) in [4.78, 5) is 12.4. The van der Waals surface area contributed by atoms with Gasteiger partial charge in [0.25, 0.3) is 0 Å². The van der Waals surface area contributed by atoms with Gasteiger partial charge in [0.1, 0.15) is 12.2 Å². The minimum atomic E-state index is -1.25. The van der Waals surface area contributed by atoms with Crippen LogP contribution in [-0.4, -0.2) is 57.3 Å². The van der Waals surface area contributed by atoms with Gasteiger partial charge in [-0.3, -0.25) is 4.79 Å². The van der Waals surface area contributed by atoms with Crippen LogP contribution in [0.1, 0.15) is 207 Å². The van der Waals surface area contributed by atoms with Crippen molar-refractivity contribution < 1.29 is 25.2 Å². The van der Waals surface area contributed by atoms with Crippen molar-refractivity contribution >= 4 is 5.91 Å². The lowest BCUT2D eigenvalue weighted by molar-refractivity contribution is -0.132. The van der Waals surface area contributed by atoms with Crippen molar-refractivity contribution in [3.63, 3.8) is 0 Å². The summed E-state index contributed by atoms with van der Waals surface area (Å²) < 4.78 is 0. The van der Waals surface area contributed by atoms with Crippen LogP contribution in [0.25, 0.3) is 0 Å². The SMILES string of the molecule is CCCCCCCCCCCCCCCCCCCC[C@@H](O)C(=O)N[C@@H](CO)[C@H](O)[C@H](O)CCCCCCCCCC(C)CC. The van der Waals surface area contributed by atoms with Gasteiger partial charge in [0.15, 0.2) is 0 Å². The van der Waals surface area contributed by atoms with Crippen LogP contribution in [0.15, 0.2) is 0 Å². The van der Waals surface area contributed by atoms with E-state index in [4.69, 9.17) is 0 Å². The molecule has 0 radical (unpaired) electrons. The van der Waals surface area contributed by atoms with Gasteiger partial charge in [-0.2, -0.15) is 0 Å². The summed E-state index contributed by atoms with van der Waals surface area (Å²) in [5.74, 6) is 0.243. The Hall–Kier alpha value is -0.690. The Bertz CT molecular complexity index is 618. The molecular weight excluding hydrogens is 562 g/mol. The molecule has 6 nitrogen and oxygen atoms in total. The molecular formula is C39H79NO5. The first-order chi connectivity index (χ1) is 21.9. The number of aliphatic hydroxyl groups excluding tert-OH is 4. The second kappa shape index (κ2) is 33.2. The van der Waals surface area contributed by atoms with Crippen LogP contribution in [0, 0.1) is 5.92 Å². The quantitative estimate of drug-likeness (QED) is 0.0443. The number of nitrogens with one attached hydrogen (secondary N) is 1.